The van der Waals surface area contributed by atoms with Gasteiger partial charge in [-0.1, -0.05) is 43.2 Å². The Morgan fingerprint density at radius 1 is 0.966 bits per heavy atom. The molecule has 8 heteroatoms. The minimum Gasteiger partial charge on any atom is -0.334 e. The number of fused-ring (bicyclic) bond motifs is 1. The van der Waals surface area contributed by atoms with E-state index in [1.807, 2.05) is 30.3 Å². The van der Waals surface area contributed by atoms with Crippen molar-refractivity contribution in [3.05, 3.63) is 64.6 Å². The normalized spacial score (nSPS) is 15.2. The van der Waals surface area contributed by atoms with Gasteiger partial charge in [0.25, 0.3) is 0 Å². The molecule has 1 aromatic heterocycles. The number of nitrogens with one attached hydrogen (secondary N) is 5. The van der Waals surface area contributed by atoms with E-state index in [9.17, 15) is 14.4 Å². The Bertz CT molecular complexity index is 1080. The first-order valence-corrected chi connectivity index (χ1v) is 9.68. The van der Waals surface area contributed by atoms with Gasteiger partial charge in [0.1, 0.15) is 5.54 Å². The SMILES string of the molecule is O=C(NCc1ccccc1)NC1(C(=O)Nc2ccc3[nH]c(=O)[nH]c3c2)CCCC1. The zero-order chi connectivity index (χ0) is 20.3. The maximum absolute atomic E-state index is 13.1. The molecule has 150 valence electrons. The fourth-order valence-electron chi connectivity index (χ4n) is 3.79. The highest BCUT2D eigenvalue weighted by Gasteiger charge is 2.42. The van der Waals surface area contributed by atoms with Crippen LogP contribution in [0, 0.1) is 0 Å². The van der Waals surface area contributed by atoms with Crippen LogP contribution in [0.2, 0.25) is 0 Å². The van der Waals surface area contributed by atoms with Crippen LogP contribution in [0.25, 0.3) is 11.0 Å². The average molecular weight is 393 g/mol. The summed E-state index contributed by atoms with van der Waals surface area (Å²) in [7, 11) is 0. The van der Waals surface area contributed by atoms with Crippen LogP contribution in [0.3, 0.4) is 0 Å². The van der Waals surface area contributed by atoms with E-state index in [1.54, 1.807) is 18.2 Å². The van der Waals surface area contributed by atoms with E-state index in [1.165, 1.54) is 0 Å². The number of rotatable bonds is 5. The Balaban J connectivity index is 1.44. The van der Waals surface area contributed by atoms with Crippen LogP contribution < -0.4 is 21.6 Å². The summed E-state index contributed by atoms with van der Waals surface area (Å²) in [5, 5.41) is 8.61. The molecule has 0 saturated heterocycles. The highest BCUT2D eigenvalue weighted by atomic mass is 16.2. The van der Waals surface area contributed by atoms with Gasteiger partial charge in [-0.05, 0) is 36.6 Å². The number of imidazole rings is 1. The van der Waals surface area contributed by atoms with E-state index in [0.29, 0.717) is 36.1 Å². The maximum Gasteiger partial charge on any atom is 0.323 e. The van der Waals surface area contributed by atoms with Gasteiger partial charge in [0.2, 0.25) is 5.91 Å². The van der Waals surface area contributed by atoms with Crippen molar-refractivity contribution in [2.24, 2.45) is 0 Å². The van der Waals surface area contributed by atoms with E-state index < -0.39 is 5.54 Å². The van der Waals surface area contributed by atoms with Crippen molar-refractivity contribution in [2.45, 2.75) is 37.8 Å². The highest BCUT2D eigenvalue weighted by Crippen LogP contribution is 2.31. The number of hydrogen-bond acceptors (Lipinski definition) is 3. The zero-order valence-electron chi connectivity index (χ0n) is 15.9. The van der Waals surface area contributed by atoms with Crippen molar-refractivity contribution in [2.75, 3.05) is 5.32 Å². The van der Waals surface area contributed by atoms with Gasteiger partial charge in [-0.25, -0.2) is 9.59 Å². The summed E-state index contributed by atoms with van der Waals surface area (Å²) in [6.07, 6.45) is 2.91. The third-order valence-corrected chi connectivity index (χ3v) is 5.31. The lowest BCUT2D eigenvalue weighted by Gasteiger charge is -2.29. The predicted molar refractivity (Wildman–Crippen MR) is 111 cm³/mol. The standard InChI is InChI=1S/C21H23N5O3/c27-18(23-15-8-9-16-17(12-15)25-20(29)24-16)21(10-4-5-11-21)26-19(28)22-13-14-6-2-1-3-7-14/h1-3,6-9,12H,4-5,10-11,13H2,(H,23,27)(H2,22,26,28)(H2,24,25,29). The van der Waals surface area contributed by atoms with Gasteiger partial charge in [-0.3, -0.25) is 4.79 Å². The number of hydrogen-bond donors (Lipinski definition) is 5. The quantitative estimate of drug-likeness (QED) is 0.458. The second-order valence-corrected chi connectivity index (χ2v) is 7.38. The van der Waals surface area contributed by atoms with E-state index in [2.05, 4.69) is 25.9 Å². The molecule has 0 bridgehead atoms. The van der Waals surface area contributed by atoms with Crippen LogP contribution in [0.5, 0.6) is 0 Å². The van der Waals surface area contributed by atoms with E-state index in [4.69, 9.17) is 0 Å². The molecule has 0 unspecified atom stereocenters. The van der Waals surface area contributed by atoms with Gasteiger partial charge in [0.15, 0.2) is 0 Å². The summed E-state index contributed by atoms with van der Waals surface area (Å²) in [5.41, 5.74) is 1.59. The maximum atomic E-state index is 13.1. The molecule has 0 aliphatic heterocycles. The number of carbonyl (C=O) groups is 2. The Hall–Kier alpha value is -3.55. The highest BCUT2D eigenvalue weighted by molar-refractivity contribution is 6.01. The number of aromatic nitrogens is 2. The largest absolute Gasteiger partial charge is 0.334 e. The monoisotopic (exact) mass is 393 g/mol. The van der Waals surface area contributed by atoms with Crippen LogP contribution in [0.4, 0.5) is 10.5 Å². The topological polar surface area (TPSA) is 119 Å². The molecular weight excluding hydrogens is 370 g/mol. The first-order chi connectivity index (χ1) is 14.0. The second-order valence-electron chi connectivity index (χ2n) is 7.38. The van der Waals surface area contributed by atoms with Crippen molar-refractivity contribution in [3.8, 4) is 0 Å². The first-order valence-electron chi connectivity index (χ1n) is 9.68. The van der Waals surface area contributed by atoms with Crippen LogP contribution in [0.1, 0.15) is 31.2 Å². The minimum atomic E-state index is -0.943. The molecule has 3 aromatic rings. The number of amides is 3. The van der Waals surface area contributed by atoms with Crippen LogP contribution in [-0.2, 0) is 11.3 Å². The summed E-state index contributed by atoms with van der Waals surface area (Å²) < 4.78 is 0. The summed E-state index contributed by atoms with van der Waals surface area (Å²) >= 11 is 0. The summed E-state index contributed by atoms with van der Waals surface area (Å²) in [6, 6.07) is 14.4. The molecule has 2 aromatic carbocycles. The molecule has 1 fully saturated rings. The van der Waals surface area contributed by atoms with Crippen molar-refractivity contribution in [1.82, 2.24) is 20.6 Å². The number of anilines is 1. The van der Waals surface area contributed by atoms with Crippen molar-refractivity contribution in [1.29, 1.82) is 0 Å². The van der Waals surface area contributed by atoms with E-state index in [0.717, 1.165) is 18.4 Å². The molecule has 0 radical (unpaired) electrons. The Morgan fingerprint density at radius 2 is 1.69 bits per heavy atom. The number of H-pyrrole nitrogens is 2. The number of aromatic amines is 2. The fourth-order valence-corrected chi connectivity index (χ4v) is 3.79. The van der Waals surface area contributed by atoms with Crippen molar-refractivity contribution in [3.63, 3.8) is 0 Å². The molecule has 8 nitrogen and oxygen atoms in total. The molecule has 1 saturated carbocycles. The van der Waals surface area contributed by atoms with E-state index >= 15 is 0 Å². The van der Waals surface area contributed by atoms with E-state index in [-0.39, 0.29) is 17.6 Å². The molecular formula is C21H23N5O3. The molecule has 29 heavy (non-hydrogen) atoms. The second kappa shape index (κ2) is 7.83. The first kappa shape index (κ1) is 18.8. The average Bonchev–Trinajstić information content (AvgIpc) is 3.33. The zero-order valence-corrected chi connectivity index (χ0v) is 15.9. The van der Waals surface area contributed by atoms with Crippen LogP contribution in [-0.4, -0.2) is 27.4 Å². The Labute approximate surface area is 167 Å². The van der Waals surface area contributed by atoms with Gasteiger partial charge in [-0.15, -0.1) is 0 Å². The summed E-state index contributed by atoms with van der Waals surface area (Å²) in [5.74, 6) is -0.248. The third kappa shape index (κ3) is 4.16. The molecule has 3 amide bonds. The molecule has 1 aliphatic carbocycles. The molecule has 0 spiro atoms. The van der Waals surface area contributed by atoms with Crippen LogP contribution >= 0.6 is 0 Å². The molecule has 1 heterocycles. The number of urea groups is 1. The molecule has 0 atom stereocenters. The lowest BCUT2D eigenvalue weighted by Crippen LogP contribution is -2.57. The third-order valence-electron chi connectivity index (χ3n) is 5.31. The Morgan fingerprint density at radius 3 is 2.45 bits per heavy atom. The van der Waals surface area contributed by atoms with Crippen molar-refractivity contribution < 1.29 is 9.59 Å². The predicted octanol–water partition coefficient (Wildman–Crippen LogP) is 2.61. The smallest absolute Gasteiger partial charge is 0.323 e. The lowest BCUT2D eigenvalue weighted by atomic mass is 9.96. The van der Waals surface area contributed by atoms with Gasteiger partial charge < -0.3 is 25.9 Å². The van der Waals surface area contributed by atoms with Crippen LogP contribution in [0.15, 0.2) is 53.3 Å². The minimum absolute atomic E-state index is 0.248. The van der Waals surface area contributed by atoms with Gasteiger partial charge in [-0.2, -0.15) is 0 Å². The number of carbonyl (C=O) groups excluding carboxylic acids is 2. The lowest BCUT2D eigenvalue weighted by molar-refractivity contribution is -0.121. The van der Waals surface area contributed by atoms with Gasteiger partial charge in [0.05, 0.1) is 11.0 Å². The summed E-state index contributed by atoms with van der Waals surface area (Å²) in [6.45, 7) is 0.391. The van der Waals surface area contributed by atoms with Gasteiger partial charge >= 0.3 is 11.7 Å². The van der Waals surface area contributed by atoms with Crippen molar-refractivity contribution >= 4 is 28.7 Å². The summed E-state index contributed by atoms with van der Waals surface area (Å²) in [4.78, 5) is 42.3. The molecule has 5 N–H and O–H groups in total. The molecule has 4 rings (SSSR count). The number of benzene rings is 2. The van der Waals surface area contributed by atoms with Gasteiger partial charge in [0, 0.05) is 12.2 Å². The Kier molecular flexibility index (Phi) is 5.07. The molecule has 1 aliphatic rings. The fraction of sp³-hybridized carbons (Fsp3) is 0.286.